The molecule has 0 radical (unpaired) electrons. The number of nitrogens with zero attached hydrogens (tertiary/aromatic N) is 2. The van der Waals surface area contributed by atoms with Crippen LogP contribution in [0.3, 0.4) is 0 Å². The molecule has 0 unspecified atom stereocenters. The predicted octanol–water partition coefficient (Wildman–Crippen LogP) is 9.17. The van der Waals surface area contributed by atoms with Gasteiger partial charge in [0, 0.05) is 67.3 Å². The molecule has 1 fully saturated rings. The van der Waals surface area contributed by atoms with E-state index in [-0.39, 0.29) is 5.91 Å². The molecule has 3 aromatic carbocycles. The van der Waals surface area contributed by atoms with Crippen molar-refractivity contribution in [2.45, 2.75) is 76.4 Å². The van der Waals surface area contributed by atoms with Gasteiger partial charge >= 0.3 is 0 Å². The number of unbranched alkanes of at least 4 members (excludes halogenated alkanes) is 1. The Kier molecular flexibility index (Phi) is 14.6. The van der Waals surface area contributed by atoms with E-state index >= 15 is 0 Å². The van der Waals surface area contributed by atoms with E-state index in [1.807, 2.05) is 55.6 Å². The molecule has 0 saturated carbocycles. The fraction of sp³-hybridized carbons (Fsp3) is 0.422. The molecule has 1 atom stereocenters. The number of anilines is 2. The highest BCUT2D eigenvalue weighted by Crippen LogP contribution is 2.34. The lowest BCUT2D eigenvalue weighted by Crippen LogP contribution is -2.34. The summed E-state index contributed by atoms with van der Waals surface area (Å²) in [6.07, 6.45) is 10.6. The molecule has 1 saturated heterocycles. The fourth-order valence-corrected chi connectivity index (χ4v) is 8.46. The zero-order valence-electron chi connectivity index (χ0n) is 32.1. The van der Waals surface area contributed by atoms with E-state index in [0.717, 1.165) is 121 Å². The van der Waals surface area contributed by atoms with E-state index < -0.39 is 11.2 Å². The number of aromatic nitrogens is 1. The second-order valence-electron chi connectivity index (χ2n) is 14.2. The summed E-state index contributed by atoms with van der Waals surface area (Å²) in [7, 11) is 0. The molecule has 286 valence electrons. The highest BCUT2D eigenvalue weighted by molar-refractivity contribution is 7.90. The van der Waals surface area contributed by atoms with Gasteiger partial charge in [0.2, 0.25) is 0 Å². The summed E-state index contributed by atoms with van der Waals surface area (Å²) in [5, 5.41) is 3.13. The fourth-order valence-electron chi connectivity index (χ4n) is 7.19. The maximum absolute atomic E-state index is 13.9. The first-order valence-electron chi connectivity index (χ1n) is 19.6. The molecule has 9 heteroatoms. The first-order valence-corrected chi connectivity index (χ1v) is 20.9. The van der Waals surface area contributed by atoms with Crippen LogP contribution in [0.4, 0.5) is 11.4 Å². The number of benzene rings is 3. The van der Waals surface area contributed by atoms with Crippen LogP contribution in [0.5, 0.6) is 5.75 Å². The Morgan fingerprint density at radius 3 is 2.52 bits per heavy atom. The number of hydrogen-bond donors (Lipinski definition) is 1. The molecule has 1 amide bonds. The zero-order valence-corrected chi connectivity index (χ0v) is 32.9. The van der Waals surface area contributed by atoms with Gasteiger partial charge < -0.3 is 29.0 Å². The van der Waals surface area contributed by atoms with Gasteiger partial charge in [-0.1, -0.05) is 38.5 Å². The van der Waals surface area contributed by atoms with Crippen LogP contribution in [0, 0.1) is 12.8 Å². The molecule has 4 aromatic rings. The lowest BCUT2D eigenvalue weighted by molar-refractivity contribution is -0.112. The topological polar surface area (TPSA) is 96.0 Å². The molecular formula is C45H55N3O5S. The first-order chi connectivity index (χ1) is 26.4. The van der Waals surface area contributed by atoms with Gasteiger partial charge in [0.15, 0.2) is 4.90 Å². The van der Waals surface area contributed by atoms with Crippen molar-refractivity contribution >= 4 is 34.5 Å². The number of amides is 1. The van der Waals surface area contributed by atoms with Crippen molar-refractivity contribution in [3.8, 4) is 16.9 Å². The van der Waals surface area contributed by atoms with Crippen LogP contribution >= 0.6 is 0 Å². The molecular weight excluding hydrogens is 695 g/mol. The molecule has 2 aliphatic heterocycles. The van der Waals surface area contributed by atoms with E-state index in [9.17, 15) is 9.35 Å². The monoisotopic (exact) mass is 749 g/mol. The largest absolute Gasteiger partial charge is 0.611 e. The lowest BCUT2D eigenvalue weighted by Gasteiger charge is -2.33. The second kappa shape index (κ2) is 20.0. The molecule has 0 spiro atoms. The average Bonchev–Trinajstić information content (AvgIpc) is 3.19. The van der Waals surface area contributed by atoms with Crippen LogP contribution in [0.1, 0.15) is 74.8 Å². The number of carbonyl (C=O) groups is 1. The molecule has 1 aromatic heterocycles. The van der Waals surface area contributed by atoms with Gasteiger partial charge in [-0.2, -0.15) is 0 Å². The minimum atomic E-state index is -1.23. The van der Waals surface area contributed by atoms with Crippen LogP contribution in [0.15, 0.2) is 89.5 Å². The third kappa shape index (κ3) is 10.7. The number of hydrogen-bond acceptors (Lipinski definition) is 7. The van der Waals surface area contributed by atoms with Crippen molar-refractivity contribution in [2.75, 3.05) is 56.3 Å². The number of aryl methyl sites for hydroxylation is 2. The van der Waals surface area contributed by atoms with Crippen molar-refractivity contribution in [1.29, 1.82) is 0 Å². The van der Waals surface area contributed by atoms with Crippen LogP contribution in [0.25, 0.3) is 17.2 Å². The quantitative estimate of drug-likeness (QED) is 0.0902. The molecule has 8 nitrogen and oxygen atoms in total. The van der Waals surface area contributed by atoms with Crippen molar-refractivity contribution in [1.82, 2.24) is 4.98 Å². The first kappa shape index (κ1) is 39.5. The van der Waals surface area contributed by atoms with E-state index in [0.29, 0.717) is 37.0 Å². The van der Waals surface area contributed by atoms with Gasteiger partial charge in [-0.15, -0.1) is 0 Å². The molecule has 54 heavy (non-hydrogen) atoms. The Balaban J connectivity index is 1.18. The average molecular weight is 750 g/mol. The molecule has 6 rings (SSSR count). The normalized spacial score (nSPS) is 16.4. The maximum Gasteiger partial charge on any atom is 0.251 e. The van der Waals surface area contributed by atoms with E-state index in [4.69, 9.17) is 14.2 Å². The molecule has 0 bridgehead atoms. The van der Waals surface area contributed by atoms with Gasteiger partial charge in [0.1, 0.15) is 18.1 Å². The lowest BCUT2D eigenvalue weighted by atomic mass is 9.94. The Bertz CT molecular complexity index is 1840. The van der Waals surface area contributed by atoms with Gasteiger partial charge in [-0.3, -0.25) is 9.78 Å². The third-order valence-electron chi connectivity index (χ3n) is 10.4. The summed E-state index contributed by atoms with van der Waals surface area (Å²) in [6, 6.07) is 24.2. The minimum absolute atomic E-state index is 0.114. The molecule has 2 aliphatic rings. The summed E-state index contributed by atoms with van der Waals surface area (Å²) in [6.45, 7) is 11.6. The van der Waals surface area contributed by atoms with E-state index in [1.165, 1.54) is 5.56 Å². The van der Waals surface area contributed by atoms with E-state index in [1.54, 1.807) is 0 Å². The van der Waals surface area contributed by atoms with Crippen molar-refractivity contribution < 1.29 is 23.6 Å². The van der Waals surface area contributed by atoms with Gasteiger partial charge in [-0.05, 0) is 145 Å². The third-order valence-corrected chi connectivity index (χ3v) is 11.8. The number of ether oxygens (including phenoxy) is 3. The van der Waals surface area contributed by atoms with E-state index in [2.05, 4.69) is 65.5 Å². The number of nitrogens with one attached hydrogen (secondary N) is 1. The number of pyridine rings is 1. The summed E-state index contributed by atoms with van der Waals surface area (Å²) < 4.78 is 30.6. The second-order valence-corrected chi connectivity index (χ2v) is 15.7. The predicted molar refractivity (Wildman–Crippen MR) is 220 cm³/mol. The SMILES string of the molecule is CCCCOCCOc1ccc(-c2ccc3c(c2)/C=C(/C(=O)Nc2ccc([S@+]([O-])Cc4c(CC)ccnc4C)cc2)CCCN3CC2CCOCC2)cc1. The van der Waals surface area contributed by atoms with Crippen molar-refractivity contribution in [3.05, 3.63) is 107 Å². The Morgan fingerprint density at radius 1 is 0.981 bits per heavy atom. The van der Waals surface area contributed by atoms with Gasteiger partial charge in [0.05, 0.1) is 6.61 Å². The van der Waals surface area contributed by atoms with Crippen molar-refractivity contribution in [3.63, 3.8) is 0 Å². The van der Waals surface area contributed by atoms with Gasteiger partial charge in [0.25, 0.3) is 5.91 Å². The Labute approximate surface area is 324 Å². The maximum atomic E-state index is 13.9. The standard InChI is InChI=1S/C45H55N3O5S/c1-4-6-24-51-27-28-53-41-14-9-36(10-15-41)37-11-18-44-39(29-37)30-38(8-7-23-48(44)31-34-20-25-52-26-21-34)45(49)47-40-12-16-42(17-13-40)54(50)32-43-33(3)46-22-19-35(43)5-2/h9-19,22,29-30,34H,4-8,20-21,23-28,31-32H2,1-3H3,(H,47,49)/b38-30+/t54-/m1/s1. The molecule has 3 heterocycles. The number of rotatable bonds is 16. The smallest absolute Gasteiger partial charge is 0.251 e. The molecule has 1 N–H and O–H groups in total. The highest BCUT2D eigenvalue weighted by Gasteiger charge is 2.23. The number of fused-ring (bicyclic) bond motifs is 1. The van der Waals surface area contributed by atoms with Crippen LogP contribution in [0.2, 0.25) is 0 Å². The van der Waals surface area contributed by atoms with Crippen molar-refractivity contribution in [2.24, 2.45) is 5.92 Å². The zero-order chi connectivity index (χ0) is 37.7. The Morgan fingerprint density at radius 2 is 1.76 bits per heavy atom. The summed E-state index contributed by atoms with van der Waals surface area (Å²) >= 11 is -1.23. The highest BCUT2D eigenvalue weighted by atomic mass is 32.2. The Hall–Kier alpha value is -4.15. The summed E-state index contributed by atoms with van der Waals surface area (Å²) in [5.41, 5.74) is 8.93. The minimum Gasteiger partial charge on any atom is -0.611 e. The van der Waals surface area contributed by atoms with Crippen LogP contribution in [-0.4, -0.2) is 61.6 Å². The van der Waals surface area contributed by atoms with Crippen LogP contribution < -0.4 is 15.0 Å². The number of carbonyl (C=O) groups excluding carboxylic acids is 1. The summed E-state index contributed by atoms with van der Waals surface area (Å²) in [4.78, 5) is 21.5. The summed E-state index contributed by atoms with van der Waals surface area (Å²) in [5.74, 6) is 1.71. The molecule has 0 aliphatic carbocycles. The van der Waals surface area contributed by atoms with Crippen LogP contribution in [-0.2, 0) is 37.6 Å². The van der Waals surface area contributed by atoms with Gasteiger partial charge in [-0.25, -0.2) is 0 Å².